The van der Waals surface area contributed by atoms with Crippen molar-refractivity contribution in [2.75, 3.05) is 50.0 Å². The number of imidazole rings is 1. The zero-order valence-corrected chi connectivity index (χ0v) is 24.3. The first-order valence-corrected chi connectivity index (χ1v) is 15.2. The second-order valence-electron chi connectivity index (χ2n) is 12.4. The van der Waals surface area contributed by atoms with Gasteiger partial charge in [0, 0.05) is 62.2 Å². The Kier molecular flexibility index (Phi) is 6.15. The molecule has 5 heterocycles. The molecule has 43 heavy (non-hydrogen) atoms. The van der Waals surface area contributed by atoms with E-state index in [4.69, 9.17) is 4.74 Å². The summed E-state index contributed by atoms with van der Waals surface area (Å²) >= 11 is 0. The molecule has 0 radical (unpaired) electrons. The molecule has 3 atom stereocenters. The number of carbonyl (C=O) groups is 2. The number of morpholine rings is 1. The van der Waals surface area contributed by atoms with E-state index in [9.17, 15) is 9.59 Å². The molecule has 1 aromatic carbocycles. The van der Waals surface area contributed by atoms with Gasteiger partial charge in [-0.25, -0.2) is 14.8 Å². The molecule has 2 saturated carbocycles. The van der Waals surface area contributed by atoms with Gasteiger partial charge >= 0.3 is 6.03 Å². The van der Waals surface area contributed by atoms with Gasteiger partial charge < -0.3 is 29.6 Å². The number of pyridine rings is 2. The lowest BCUT2D eigenvalue weighted by atomic mass is 9.67. The van der Waals surface area contributed by atoms with Crippen molar-refractivity contribution in [1.82, 2.24) is 24.2 Å². The maximum atomic E-state index is 13.3. The molecule has 0 bridgehead atoms. The highest BCUT2D eigenvalue weighted by Crippen LogP contribution is 2.70. The molecule has 10 heteroatoms. The summed E-state index contributed by atoms with van der Waals surface area (Å²) in [4.78, 5) is 39.1. The molecule has 2 saturated heterocycles. The quantitative estimate of drug-likeness (QED) is 0.339. The SMILES string of the molecule is Cc1c(NC(=O)N2CC3CCC34CC4C2)cccc1-c1cc(Nc2ccc(C(=O)N3CCOCC3)cn2)c2nccn2c1. The molecule has 2 aliphatic heterocycles. The summed E-state index contributed by atoms with van der Waals surface area (Å²) in [6.45, 7) is 6.11. The number of amides is 3. The highest BCUT2D eigenvalue weighted by Gasteiger charge is 2.66. The van der Waals surface area contributed by atoms with Gasteiger partial charge in [-0.2, -0.15) is 0 Å². The fourth-order valence-corrected chi connectivity index (χ4v) is 7.45. The Balaban J connectivity index is 1.03. The van der Waals surface area contributed by atoms with E-state index >= 15 is 0 Å². The molecule has 3 aromatic heterocycles. The van der Waals surface area contributed by atoms with E-state index in [0.717, 1.165) is 46.8 Å². The first-order valence-electron chi connectivity index (χ1n) is 15.2. The van der Waals surface area contributed by atoms with Crippen LogP contribution in [0.15, 0.2) is 61.2 Å². The maximum Gasteiger partial charge on any atom is 0.321 e. The summed E-state index contributed by atoms with van der Waals surface area (Å²) in [6.07, 6.45) is 11.3. The lowest BCUT2D eigenvalue weighted by molar-refractivity contribution is 0.0302. The number of ether oxygens (including phenoxy) is 1. The average molecular weight is 578 g/mol. The van der Waals surface area contributed by atoms with Crippen LogP contribution in [-0.4, -0.2) is 75.5 Å². The predicted octanol–water partition coefficient (Wildman–Crippen LogP) is 5.18. The maximum absolute atomic E-state index is 13.3. The first-order chi connectivity index (χ1) is 21.0. The highest BCUT2D eigenvalue weighted by molar-refractivity contribution is 5.94. The van der Waals surface area contributed by atoms with Crippen molar-refractivity contribution in [2.45, 2.75) is 26.2 Å². The molecule has 220 valence electrons. The molecule has 4 aromatic rings. The van der Waals surface area contributed by atoms with E-state index in [-0.39, 0.29) is 11.9 Å². The number of benzene rings is 1. The van der Waals surface area contributed by atoms with Gasteiger partial charge in [0.1, 0.15) is 5.82 Å². The smallest absolute Gasteiger partial charge is 0.321 e. The third-order valence-electron chi connectivity index (χ3n) is 10.2. The Hall–Kier alpha value is -4.44. The zero-order chi connectivity index (χ0) is 29.1. The summed E-state index contributed by atoms with van der Waals surface area (Å²) in [6, 6.07) is 11.7. The molecule has 3 amide bonds. The zero-order valence-electron chi connectivity index (χ0n) is 24.3. The van der Waals surface area contributed by atoms with Crippen LogP contribution in [0.25, 0.3) is 16.8 Å². The number of nitrogens with zero attached hydrogens (tertiary/aromatic N) is 5. The molecular formula is C33H35N7O3. The van der Waals surface area contributed by atoms with Crippen LogP contribution in [0.2, 0.25) is 0 Å². The van der Waals surface area contributed by atoms with Gasteiger partial charge in [-0.05, 0) is 78.8 Å². The van der Waals surface area contributed by atoms with E-state index in [1.54, 1.807) is 23.4 Å². The lowest BCUT2D eigenvalue weighted by Gasteiger charge is -2.45. The molecule has 4 aliphatic rings. The molecular weight excluding hydrogens is 542 g/mol. The number of hydrogen-bond donors (Lipinski definition) is 2. The molecule has 1 spiro atoms. The number of fused-ring (bicyclic) bond motifs is 1. The minimum Gasteiger partial charge on any atom is -0.378 e. The number of carbonyl (C=O) groups excluding carboxylic acids is 2. The fourth-order valence-electron chi connectivity index (χ4n) is 7.45. The van der Waals surface area contributed by atoms with Crippen LogP contribution in [0, 0.1) is 24.2 Å². The van der Waals surface area contributed by atoms with E-state index < -0.39 is 0 Å². The largest absolute Gasteiger partial charge is 0.378 e. The minimum atomic E-state index is -0.0357. The number of rotatable bonds is 5. The lowest BCUT2D eigenvalue weighted by Crippen LogP contribution is -2.50. The first kappa shape index (κ1) is 26.2. The van der Waals surface area contributed by atoms with Crippen molar-refractivity contribution in [3.05, 3.63) is 72.3 Å². The van der Waals surface area contributed by atoms with Crippen molar-refractivity contribution in [1.29, 1.82) is 0 Å². The molecule has 2 N–H and O–H groups in total. The van der Waals surface area contributed by atoms with Crippen molar-refractivity contribution in [3.63, 3.8) is 0 Å². The topological polar surface area (TPSA) is 104 Å². The van der Waals surface area contributed by atoms with Crippen molar-refractivity contribution in [3.8, 4) is 11.1 Å². The van der Waals surface area contributed by atoms with Crippen LogP contribution in [0.1, 0.15) is 35.2 Å². The summed E-state index contributed by atoms with van der Waals surface area (Å²) in [5, 5.41) is 6.62. The van der Waals surface area contributed by atoms with Crippen molar-refractivity contribution in [2.24, 2.45) is 17.3 Å². The molecule has 8 rings (SSSR count). The van der Waals surface area contributed by atoms with Crippen LogP contribution in [-0.2, 0) is 4.74 Å². The van der Waals surface area contributed by atoms with Crippen LogP contribution < -0.4 is 10.6 Å². The Morgan fingerprint density at radius 1 is 1.02 bits per heavy atom. The van der Waals surface area contributed by atoms with E-state index in [1.807, 2.05) is 39.9 Å². The van der Waals surface area contributed by atoms with Gasteiger partial charge in [-0.1, -0.05) is 12.1 Å². The van der Waals surface area contributed by atoms with Crippen LogP contribution >= 0.6 is 0 Å². The molecule has 3 unspecified atom stereocenters. The average Bonchev–Trinajstić information content (AvgIpc) is 3.61. The van der Waals surface area contributed by atoms with Crippen molar-refractivity contribution >= 4 is 34.8 Å². The van der Waals surface area contributed by atoms with E-state index in [1.165, 1.54) is 19.3 Å². The van der Waals surface area contributed by atoms with E-state index in [2.05, 4.69) is 39.7 Å². The summed E-state index contributed by atoms with van der Waals surface area (Å²) < 4.78 is 7.34. The van der Waals surface area contributed by atoms with Crippen LogP contribution in [0.5, 0.6) is 0 Å². The second-order valence-corrected chi connectivity index (χ2v) is 12.4. The monoisotopic (exact) mass is 577 g/mol. The third kappa shape index (κ3) is 4.52. The number of aromatic nitrogens is 3. The number of hydrogen-bond acceptors (Lipinski definition) is 6. The highest BCUT2D eigenvalue weighted by atomic mass is 16.5. The van der Waals surface area contributed by atoms with Gasteiger partial charge in [-0.15, -0.1) is 0 Å². The normalized spacial score (nSPS) is 24.1. The summed E-state index contributed by atoms with van der Waals surface area (Å²) in [5.74, 6) is 1.97. The Morgan fingerprint density at radius 2 is 1.88 bits per heavy atom. The van der Waals surface area contributed by atoms with Gasteiger partial charge in [0.25, 0.3) is 5.91 Å². The molecule has 10 nitrogen and oxygen atoms in total. The van der Waals surface area contributed by atoms with Crippen LogP contribution in [0.3, 0.4) is 0 Å². The Bertz CT molecular complexity index is 1730. The van der Waals surface area contributed by atoms with E-state index in [0.29, 0.717) is 54.9 Å². The number of anilines is 3. The summed E-state index contributed by atoms with van der Waals surface area (Å²) in [5.41, 5.74) is 6.53. The number of urea groups is 1. The number of piperidine rings is 1. The number of likely N-dealkylation sites (tertiary alicyclic amines) is 1. The fraction of sp³-hybridized carbons (Fsp3) is 0.394. The third-order valence-corrected chi connectivity index (χ3v) is 10.2. The van der Waals surface area contributed by atoms with Gasteiger partial charge in [0.2, 0.25) is 0 Å². The Morgan fingerprint density at radius 3 is 2.65 bits per heavy atom. The summed E-state index contributed by atoms with van der Waals surface area (Å²) in [7, 11) is 0. The predicted molar refractivity (Wildman–Crippen MR) is 163 cm³/mol. The van der Waals surface area contributed by atoms with Gasteiger partial charge in [0.15, 0.2) is 5.65 Å². The Labute approximate surface area is 250 Å². The van der Waals surface area contributed by atoms with Crippen molar-refractivity contribution < 1.29 is 14.3 Å². The second kappa shape index (κ2) is 10.1. The van der Waals surface area contributed by atoms with Crippen LogP contribution in [0.4, 0.5) is 22.0 Å². The van der Waals surface area contributed by atoms with Gasteiger partial charge in [0.05, 0.1) is 24.5 Å². The molecule has 4 fully saturated rings. The minimum absolute atomic E-state index is 0.00157. The molecule has 2 aliphatic carbocycles. The standard InChI is InChI=1S/C33H35N7O3/c1-21-26(3-2-4-27(21)37-32(42)40-19-24-7-8-33(24)16-25(33)20-40)23-15-28(30-34-9-10-39(30)18-23)36-29-6-5-22(17-35-29)31(41)38-11-13-43-14-12-38/h2-6,9-10,15,17-18,24-25H,7-8,11-14,16,19-20H2,1H3,(H,35,36)(H,37,42). The number of nitrogens with one attached hydrogen (secondary N) is 2. The van der Waals surface area contributed by atoms with Gasteiger partial charge in [-0.3, -0.25) is 4.79 Å².